The lowest BCUT2D eigenvalue weighted by atomic mass is 9.98. The van der Waals surface area contributed by atoms with Gasteiger partial charge in [-0.05, 0) is 59.0 Å². The molecular weight excluding hydrogens is 556 g/mol. The Labute approximate surface area is 250 Å². The van der Waals surface area contributed by atoms with Gasteiger partial charge in [-0.2, -0.15) is 5.10 Å². The first-order chi connectivity index (χ1) is 20.5. The fraction of sp³-hybridized carbons (Fsp3) is 0.387. The van der Waals surface area contributed by atoms with Gasteiger partial charge in [0.1, 0.15) is 12.3 Å². The standard InChI is InChI=1S/C31H36N4O6S/c1-38-24-9-6-22(7-10-24)25-20-26(23-8-11-27(39-2)28(19-23)40-3)35(32-25)30(36)21-34(31(37)29-5-4-18-42-29)13-12-33-14-16-41-17-15-33/h4-11,18-19,26H,12-17,20-21H2,1-3H3/t26-/m0/s1. The lowest BCUT2D eigenvalue weighted by Gasteiger charge is -2.31. The fourth-order valence-corrected chi connectivity index (χ4v) is 5.84. The van der Waals surface area contributed by atoms with E-state index in [1.54, 1.807) is 32.3 Å². The Morgan fingerprint density at radius 2 is 1.76 bits per heavy atom. The molecule has 3 heterocycles. The first-order valence-corrected chi connectivity index (χ1v) is 14.8. The molecule has 1 fully saturated rings. The van der Waals surface area contributed by atoms with Crippen molar-refractivity contribution in [3.63, 3.8) is 0 Å². The van der Waals surface area contributed by atoms with Crippen LogP contribution < -0.4 is 14.2 Å². The molecule has 5 rings (SSSR count). The Morgan fingerprint density at radius 1 is 1.00 bits per heavy atom. The van der Waals surface area contributed by atoms with Crippen molar-refractivity contribution in [1.82, 2.24) is 14.8 Å². The Kier molecular flexibility index (Phi) is 9.73. The first-order valence-electron chi connectivity index (χ1n) is 13.9. The topological polar surface area (TPSA) is 93.1 Å². The molecule has 3 aromatic rings. The molecule has 0 unspecified atom stereocenters. The maximum atomic E-state index is 14.0. The van der Waals surface area contributed by atoms with Crippen LogP contribution in [0.15, 0.2) is 65.1 Å². The number of hydrogen-bond donors (Lipinski definition) is 0. The average molecular weight is 593 g/mol. The number of ether oxygens (including phenoxy) is 4. The highest BCUT2D eigenvalue weighted by atomic mass is 32.1. The van der Waals surface area contributed by atoms with Gasteiger partial charge in [0, 0.05) is 32.6 Å². The molecule has 0 radical (unpaired) electrons. The number of amides is 2. The van der Waals surface area contributed by atoms with Crippen LogP contribution in [-0.4, -0.2) is 99.6 Å². The molecule has 0 N–H and O–H groups in total. The Balaban J connectivity index is 1.43. The number of nitrogens with zero attached hydrogens (tertiary/aromatic N) is 4. The lowest BCUT2D eigenvalue weighted by Crippen LogP contribution is -2.46. The number of morpholine rings is 1. The highest BCUT2D eigenvalue weighted by molar-refractivity contribution is 7.12. The molecule has 1 aromatic heterocycles. The zero-order chi connectivity index (χ0) is 29.5. The van der Waals surface area contributed by atoms with E-state index >= 15 is 0 Å². The molecule has 0 spiro atoms. The van der Waals surface area contributed by atoms with Crippen LogP contribution in [0.4, 0.5) is 0 Å². The molecule has 1 saturated heterocycles. The maximum absolute atomic E-state index is 14.0. The molecule has 2 aliphatic rings. The molecule has 0 bridgehead atoms. The molecule has 10 nitrogen and oxygen atoms in total. The summed E-state index contributed by atoms with van der Waals surface area (Å²) in [5, 5.41) is 8.21. The van der Waals surface area contributed by atoms with Crippen molar-refractivity contribution >= 4 is 28.9 Å². The van der Waals surface area contributed by atoms with E-state index in [2.05, 4.69) is 4.90 Å². The number of thiophene rings is 1. The van der Waals surface area contributed by atoms with E-state index in [0.717, 1.165) is 35.7 Å². The zero-order valence-electron chi connectivity index (χ0n) is 24.2. The highest BCUT2D eigenvalue weighted by Crippen LogP contribution is 2.37. The van der Waals surface area contributed by atoms with E-state index in [9.17, 15) is 9.59 Å². The Morgan fingerprint density at radius 3 is 2.43 bits per heavy atom. The number of methoxy groups -OCH3 is 3. The van der Waals surface area contributed by atoms with Gasteiger partial charge in [0.15, 0.2) is 11.5 Å². The third-order valence-electron chi connectivity index (χ3n) is 7.52. The van der Waals surface area contributed by atoms with Crippen LogP contribution >= 0.6 is 11.3 Å². The van der Waals surface area contributed by atoms with Crippen molar-refractivity contribution < 1.29 is 28.5 Å². The second kappa shape index (κ2) is 13.8. The number of benzene rings is 2. The van der Waals surface area contributed by atoms with Crippen LogP contribution in [0.25, 0.3) is 0 Å². The largest absolute Gasteiger partial charge is 0.497 e. The first kappa shape index (κ1) is 29.6. The second-order valence-electron chi connectivity index (χ2n) is 10.0. The van der Waals surface area contributed by atoms with Crippen molar-refractivity contribution in [2.75, 3.05) is 67.3 Å². The van der Waals surface area contributed by atoms with Gasteiger partial charge in [0.2, 0.25) is 0 Å². The molecule has 0 aliphatic carbocycles. The molecule has 11 heteroatoms. The van der Waals surface area contributed by atoms with Gasteiger partial charge in [-0.1, -0.05) is 12.1 Å². The van der Waals surface area contributed by atoms with Crippen LogP contribution in [0.1, 0.15) is 33.3 Å². The van der Waals surface area contributed by atoms with Crippen molar-refractivity contribution in [1.29, 1.82) is 0 Å². The van der Waals surface area contributed by atoms with E-state index in [1.807, 2.05) is 53.9 Å². The summed E-state index contributed by atoms with van der Waals surface area (Å²) >= 11 is 1.37. The fourth-order valence-electron chi connectivity index (χ4n) is 5.15. The molecular formula is C31H36N4O6S. The number of carbonyl (C=O) groups excluding carboxylic acids is 2. The smallest absolute Gasteiger partial charge is 0.264 e. The van der Waals surface area contributed by atoms with Gasteiger partial charge < -0.3 is 23.8 Å². The number of hydrogen-bond acceptors (Lipinski definition) is 9. The van der Waals surface area contributed by atoms with Crippen molar-refractivity contribution in [2.45, 2.75) is 12.5 Å². The minimum atomic E-state index is -0.382. The van der Waals surface area contributed by atoms with Gasteiger partial charge >= 0.3 is 0 Å². The molecule has 2 aromatic carbocycles. The third kappa shape index (κ3) is 6.75. The monoisotopic (exact) mass is 592 g/mol. The van der Waals surface area contributed by atoms with Gasteiger partial charge in [-0.25, -0.2) is 5.01 Å². The average Bonchev–Trinajstić information content (AvgIpc) is 3.74. The van der Waals surface area contributed by atoms with E-state index in [0.29, 0.717) is 49.1 Å². The summed E-state index contributed by atoms with van der Waals surface area (Å²) in [5.41, 5.74) is 2.53. The quantitative estimate of drug-likeness (QED) is 0.333. The summed E-state index contributed by atoms with van der Waals surface area (Å²) in [7, 11) is 4.79. The maximum Gasteiger partial charge on any atom is 0.264 e. The summed E-state index contributed by atoms with van der Waals surface area (Å²) < 4.78 is 21.8. The van der Waals surface area contributed by atoms with E-state index in [1.165, 1.54) is 16.3 Å². The second-order valence-corrected chi connectivity index (χ2v) is 11.0. The van der Waals surface area contributed by atoms with Gasteiger partial charge in [-0.3, -0.25) is 14.5 Å². The normalized spacial score (nSPS) is 17.1. The highest BCUT2D eigenvalue weighted by Gasteiger charge is 2.35. The number of rotatable bonds is 11. The van der Waals surface area contributed by atoms with E-state index in [4.69, 9.17) is 24.0 Å². The predicted octanol–water partition coefficient (Wildman–Crippen LogP) is 3.93. The molecule has 2 aliphatic heterocycles. The van der Waals surface area contributed by atoms with Crippen LogP contribution in [0.2, 0.25) is 0 Å². The minimum absolute atomic E-state index is 0.0930. The van der Waals surface area contributed by atoms with E-state index in [-0.39, 0.29) is 24.4 Å². The minimum Gasteiger partial charge on any atom is -0.497 e. The molecule has 42 heavy (non-hydrogen) atoms. The van der Waals surface area contributed by atoms with Crippen LogP contribution in [0, 0.1) is 0 Å². The number of carbonyl (C=O) groups is 2. The van der Waals surface area contributed by atoms with Crippen LogP contribution in [-0.2, 0) is 9.53 Å². The van der Waals surface area contributed by atoms with Crippen molar-refractivity contribution in [3.05, 3.63) is 76.0 Å². The van der Waals surface area contributed by atoms with Gasteiger partial charge in [-0.15, -0.1) is 11.3 Å². The summed E-state index contributed by atoms with van der Waals surface area (Å²) in [6.45, 7) is 3.93. The summed E-state index contributed by atoms with van der Waals surface area (Å²) in [4.78, 5) is 32.1. The SMILES string of the molecule is COc1ccc(C2=NN(C(=O)CN(CCN3CCOCC3)C(=O)c3cccs3)[C@H](c3ccc(OC)c(OC)c3)C2)cc1. The Bertz CT molecular complexity index is 1390. The lowest BCUT2D eigenvalue weighted by molar-refractivity contribution is -0.133. The molecule has 222 valence electrons. The predicted molar refractivity (Wildman–Crippen MR) is 161 cm³/mol. The third-order valence-corrected chi connectivity index (χ3v) is 8.37. The van der Waals surface area contributed by atoms with Gasteiger partial charge in [0.25, 0.3) is 11.8 Å². The van der Waals surface area contributed by atoms with Crippen LogP contribution in [0.5, 0.6) is 17.2 Å². The summed E-state index contributed by atoms with van der Waals surface area (Å²) in [6, 6.07) is 16.5. The van der Waals surface area contributed by atoms with Crippen molar-refractivity contribution in [2.24, 2.45) is 5.10 Å². The number of hydrazone groups is 1. The van der Waals surface area contributed by atoms with Crippen LogP contribution in [0.3, 0.4) is 0 Å². The Hall–Kier alpha value is -3.93. The molecule has 1 atom stereocenters. The van der Waals surface area contributed by atoms with E-state index < -0.39 is 0 Å². The summed E-state index contributed by atoms with van der Waals surface area (Å²) in [5.74, 6) is 1.49. The van der Waals surface area contributed by atoms with Gasteiger partial charge in [0.05, 0.1) is 51.2 Å². The van der Waals surface area contributed by atoms with Crippen molar-refractivity contribution in [3.8, 4) is 17.2 Å². The zero-order valence-corrected chi connectivity index (χ0v) is 25.0. The molecule has 2 amide bonds. The molecule has 0 saturated carbocycles. The summed E-state index contributed by atoms with van der Waals surface area (Å²) in [6.07, 6.45) is 0.500.